The van der Waals surface area contributed by atoms with E-state index in [9.17, 15) is 4.79 Å². The fraction of sp³-hybridized carbons (Fsp3) is 0.200. The number of amides is 1. The summed E-state index contributed by atoms with van der Waals surface area (Å²) in [5.74, 6) is -0.0612. The molecule has 0 saturated carbocycles. The molecule has 0 atom stereocenters. The van der Waals surface area contributed by atoms with Crippen molar-refractivity contribution in [2.45, 2.75) is 13.3 Å². The molecule has 2 aromatic rings. The second kappa shape index (κ2) is 6.34. The van der Waals surface area contributed by atoms with Crippen LogP contribution in [0.1, 0.15) is 21.5 Å². The number of hydrogen-bond donors (Lipinski definition) is 1. The van der Waals surface area contributed by atoms with E-state index in [4.69, 9.17) is 11.6 Å². The Balaban J connectivity index is 1.88. The summed E-state index contributed by atoms with van der Waals surface area (Å²) in [5.41, 5.74) is 2.70. The van der Waals surface area contributed by atoms with Crippen LogP contribution in [0.4, 0.5) is 0 Å². The van der Waals surface area contributed by atoms with E-state index < -0.39 is 0 Å². The molecule has 0 bridgehead atoms. The maximum absolute atomic E-state index is 11.9. The molecule has 0 aliphatic heterocycles. The molecule has 0 unspecified atom stereocenters. The monoisotopic (exact) mass is 274 g/mol. The fourth-order valence-corrected chi connectivity index (χ4v) is 1.92. The lowest BCUT2D eigenvalue weighted by Crippen LogP contribution is -2.26. The van der Waals surface area contributed by atoms with Gasteiger partial charge in [0.15, 0.2) is 0 Å². The number of hydrogen-bond acceptors (Lipinski definition) is 2. The highest BCUT2D eigenvalue weighted by atomic mass is 35.5. The number of nitrogens with one attached hydrogen (secondary N) is 1. The average Bonchev–Trinajstić information content (AvgIpc) is 2.41. The van der Waals surface area contributed by atoms with E-state index in [1.807, 2.05) is 31.2 Å². The zero-order chi connectivity index (χ0) is 13.7. The topological polar surface area (TPSA) is 42.0 Å². The van der Waals surface area contributed by atoms with Crippen molar-refractivity contribution in [3.05, 3.63) is 64.4 Å². The molecule has 0 radical (unpaired) electrons. The third-order valence-corrected chi connectivity index (χ3v) is 3.13. The average molecular weight is 275 g/mol. The van der Waals surface area contributed by atoms with Gasteiger partial charge in [0.05, 0.1) is 0 Å². The molecule has 19 heavy (non-hydrogen) atoms. The normalized spacial score (nSPS) is 10.2. The van der Waals surface area contributed by atoms with Crippen LogP contribution < -0.4 is 5.32 Å². The first-order valence-corrected chi connectivity index (χ1v) is 6.48. The number of aryl methyl sites for hydroxylation is 1. The van der Waals surface area contributed by atoms with E-state index in [1.165, 1.54) is 0 Å². The summed E-state index contributed by atoms with van der Waals surface area (Å²) in [4.78, 5) is 15.9. The van der Waals surface area contributed by atoms with Gasteiger partial charge in [-0.15, -0.1) is 0 Å². The molecule has 1 amide bonds. The van der Waals surface area contributed by atoms with Crippen molar-refractivity contribution in [2.75, 3.05) is 6.54 Å². The van der Waals surface area contributed by atoms with Crippen LogP contribution in [0.2, 0.25) is 5.02 Å². The lowest BCUT2D eigenvalue weighted by molar-refractivity contribution is 0.0953. The summed E-state index contributed by atoms with van der Waals surface area (Å²) < 4.78 is 0. The van der Waals surface area contributed by atoms with Crippen LogP contribution in [-0.2, 0) is 6.42 Å². The third kappa shape index (κ3) is 3.80. The SMILES string of the molecule is Cc1cnccc1C(=O)NCCc1ccc(Cl)cc1. The molecular formula is C15H15ClN2O. The summed E-state index contributed by atoms with van der Waals surface area (Å²) >= 11 is 5.82. The minimum absolute atomic E-state index is 0.0612. The van der Waals surface area contributed by atoms with Crippen molar-refractivity contribution < 1.29 is 4.79 Å². The van der Waals surface area contributed by atoms with Gasteiger partial charge < -0.3 is 5.32 Å². The Kier molecular flexibility index (Phi) is 4.53. The Labute approximate surface area is 117 Å². The number of carbonyl (C=O) groups excluding carboxylic acids is 1. The molecule has 1 aromatic heterocycles. The zero-order valence-corrected chi connectivity index (χ0v) is 11.4. The standard InChI is InChI=1S/C15H15ClN2O/c1-11-10-17-8-7-14(11)15(19)18-9-6-12-2-4-13(16)5-3-12/h2-5,7-8,10H,6,9H2,1H3,(H,18,19). The van der Waals surface area contributed by atoms with Crippen molar-refractivity contribution in [1.29, 1.82) is 0 Å². The maximum Gasteiger partial charge on any atom is 0.251 e. The molecule has 2 rings (SSSR count). The molecule has 0 aliphatic rings. The Morgan fingerprint density at radius 3 is 2.68 bits per heavy atom. The summed E-state index contributed by atoms with van der Waals surface area (Å²) in [6, 6.07) is 9.36. The van der Waals surface area contributed by atoms with Gasteiger partial charge in [0.2, 0.25) is 0 Å². The molecule has 0 saturated heterocycles. The number of nitrogens with zero attached hydrogens (tertiary/aromatic N) is 1. The van der Waals surface area contributed by atoms with Crippen molar-refractivity contribution in [2.24, 2.45) is 0 Å². The van der Waals surface area contributed by atoms with Crippen LogP contribution in [0.25, 0.3) is 0 Å². The number of pyridine rings is 1. The molecule has 1 N–H and O–H groups in total. The van der Waals surface area contributed by atoms with Gasteiger partial charge in [0.1, 0.15) is 0 Å². The minimum Gasteiger partial charge on any atom is -0.352 e. The highest BCUT2D eigenvalue weighted by Crippen LogP contribution is 2.10. The van der Waals surface area contributed by atoms with Crippen LogP contribution in [0.15, 0.2) is 42.7 Å². The number of carbonyl (C=O) groups is 1. The Hall–Kier alpha value is -1.87. The van der Waals surface area contributed by atoms with Gasteiger partial charge in [-0.2, -0.15) is 0 Å². The molecule has 1 aromatic carbocycles. The largest absolute Gasteiger partial charge is 0.352 e. The predicted octanol–water partition coefficient (Wildman–Crippen LogP) is 3.02. The summed E-state index contributed by atoms with van der Waals surface area (Å²) in [5, 5.41) is 3.63. The molecule has 1 heterocycles. The molecule has 0 aliphatic carbocycles. The van der Waals surface area contributed by atoms with Crippen LogP contribution in [0, 0.1) is 6.92 Å². The minimum atomic E-state index is -0.0612. The maximum atomic E-state index is 11.9. The molecule has 98 valence electrons. The van der Waals surface area contributed by atoms with Crippen molar-refractivity contribution in [3.63, 3.8) is 0 Å². The van der Waals surface area contributed by atoms with Gasteiger partial charge >= 0.3 is 0 Å². The second-order valence-corrected chi connectivity index (χ2v) is 4.76. The number of rotatable bonds is 4. The Morgan fingerprint density at radius 1 is 1.26 bits per heavy atom. The predicted molar refractivity (Wildman–Crippen MR) is 76.5 cm³/mol. The molecule has 3 nitrogen and oxygen atoms in total. The quantitative estimate of drug-likeness (QED) is 0.931. The van der Waals surface area contributed by atoms with Crippen LogP contribution in [0.3, 0.4) is 0 Å². The van der Waals surface area contributed by atoms with E-state index >= 15 is 0 Å². The fourth-order valence-electron chi connectivity index (χ4n) is 1.79. The highest BCUT2D eigenvalue weighted by Gasteiger charge is 2.07. The van der Waals surface area contributed by atoms with E-state index in [0.29, 0.717) is 12.1 Å². The number of halogens is 1. The smallest absolute Gasteiger partial charge is 0.251 e. The van der Waals surface area contributed by atoms with E-state index in [2.05, 4.69) is 10.3 Å². The Bertz CT molecular complexity index is 567. The van der Waals surface area contributed by atoms with Gasteiger partial charge in [-0.25, -0.2) is 0 Å². The lowest BCUT2D eigenvalue weighted by Gasteiger charge is -2.07. The van der Waals surface area contributed by atoms with Gasteiger partial charge in [-0.05, 0) is 42.7 Å². The molecule has 4 heteroatoms. The first kappa shape index (κ1) is 13.6. The number of aromatic nitrogens is 1. The second-order valence-electron chi connectivity index (χ2n) is 4.32. The molecular weight excluding hydrogens is 260 g/mol. The van der Waals surface area contributed by atoms with Crippen LogP contribution in [0.5, 0.6) is 0 Å². The van der Waals surface area contributed by atoms with Gasteiger partial charge in [0, 0.05) is 29.5 Å². The van der Waals surface area contributed by atoms with Gasteiger partial charge in [0.25, 0.3) is 5.91 Å². The summed E-state index contributed by atoms with van der Waals surface area (Å²) in [6.07, 6.45) is 4.10. The van der Waals surface area contributed by atoms with Crippen LogP contribution >= 0.6 is 11.6 Å². The highest BCUT2D eigenvalue weighted by molar-refractivity contribution is 6.30. The summed E-state index contributed by atoms with van der Waals surface area (Å²) in [7, 11) is 0. The third-order valence-electron chi connectivity index (χ3n) is 2.88. The van der Waals surface area contributed by atoms with Gasteiger partial charge in [-0.3, -0.25) is 9.78 Å². The van der Waals surface area contributed by atoms with Crippen molar-refractivity contribution in [3.8, 4) is 0 Å². The van der Waals surface area contributed by atoms with Crippen molar-refractivity contribution in [1.82, 2.24) is 10.3 Å². The lowest BCUT2D eigenvalue weighted by atomic mass is 10.1. The molecule has 0 fully saturated rings. The van der Waals surface area contributed by atoms with Crippen molar-refractivity contribution >= 4 is 17.5 Å². The van der Waals surface area contributed by atoms with E-state index in [-0.39, 0.29) is 5.91 Å². The number of benzene rings is 1. The molecule has 0 spiro atoms. The van der Waals surface area contributed by atoms with E-state index in [0.717, 1.165) is 22.6 Å². The first-order chi connectivity index (χ1) is 9.16. The van der Waals surface area contributed by atoms with E-state index in [1.54, 1.807) is 18.5 Å². The van der Waals surface area contributed by atoms with Crippen LogP contribution in [-0.4, -0.2) is 17.4 Å². The Morgan fingerprint density at radius 2 is 2.00 bits per heavy atom. The summed E-state index contributed by atoms with van der Waals surface area (Å²) in [6.45, 7) is 2.48. The zero-order valence-electron chi connectivity index (χ0n) is 10.7. The van der Waals surface area contributed by atoms with Gasteiger partial charge in [-0.1, -0.05) is 23.7 Å². The first-order valence-electron chi connectivity index (χ1n) is 6.10.